The summed E-state index contributed by atoms with van der Waals surface area (Å²) in [4.78, 5) is 20.1. The van der Waals surface area contributed by atoms with Crippen molar-refractivity contribution in [2.75, 3.05) is 7.05 Å². The van der Waals surface area contributed by atoms with Gasteiger partial charge in [0.05, 0.1) is 6.42 Å². The Balaban J connectivity index is 1.90. The van der Waals surface area contributed by atoms with Crippen LogP contribution in [-0.2, 0) is 11.2 Å². The minimum absolute atomic E-state index is 0.00422. The molecule has 0 atom stereocenters. The molecule has 1 aromatic carbocycles. The zero-order valence-electron chi connectivity index (χ0n) is 12.2. The molecule has 0 aliphatic carbocycles. The maximum absolute atomic E-state index is 11.4. The average molecular weight is 292 g/mol. The number of benzene rings is 1. The minimum Gasteiger partial charge on any atom is -0.359 e. The fraction of sp³-hybridized carbons (Fsp3) is 0.118. The van der Waals surface area contributed by atoms with Gasteiger partial charge in [-0.25, -0.2) is 4.98 Å². The maximum atomic E-state index is 11.4. The van der Waals surface area contributed by atoms with Crippen molar-refractivity contribution in [2.45, 2.75) is 6.42 Å². The molecule has 0 radical (unpaired) electrons. The van der Waals surface area contributed by atoms with Crippen LogP contribution >= 0.6 is 0 Å². The van der Waals surface area contributed by atoms with Crippen LogP contribution in [0.25, 0.3) is 17.2 Å². The Morgan fingerprint density at radius 3 is 2.59 bits per heavy atom. The van der Waals surface area contributed by atoms with Gasteiger partial charge in [-0.1, -0.05) is 18.2 Å². The Kier molecular flexibility index (Phi) is 3.96. The lowest BCUT2D eigenvalue weighted by molar-refractivity contribution is -0.119. The molecule has 0 aliphatic heterocycles. The highest BCUT2D eigenvalue weighted by atomic mass is 16.1. The standard InChI is InChI=1S/C17H16N4O/c1-18-16(22)12-13-5-7-14(8-6-13)21-11-10-20-17(21)15-4-2-3-9-19-15/h2-11H,12H2,1H3,(H,18,22). The second-order valence-corrected chi connectivity index (χ2v) is 4.85. The molecule has 1 N–H and O–H groups in total. The van der Waals surface area contributed by atoms with Crippen LogP contribution in [0.15, 0.2) is 61.1 Å². The zero-order valence-corrected chi connectivity index (χ0v) is 12.2. The third-order valence-electron chi connectivity index (χ3n) is 3.39. The molecule has 2 heterocycles. The number of amides is 1. The number of rotatable bonds is 4. The van der Waals surface area contributed by atoms with Gasteiger partial charge >= 0.3 is 0 Å². The van der Waals surface area contributed by atoms with Crippen LogP contribution in [0.2, 0.25) is 0 Å². The maximum Gasteiger partial charge on any atom is 0.224 e. The van der Waals surface area contributed by atoms with Gasteiger partial charge in [0.15, 0.2) is 5.82 Å². The smallest absolute Gasteiger partial charge is 0.224 e. The fourth-order valence-corrected chi connectivity index (χ4v) is 2.24. The minimum atomic E-state index is 0.00422. The summed E-state index contributed by atoms with van der Waals surface area (Å²) in [6, 6.07) is 13.6. The molecule has 3 aromatic rings. The van der Waals surface area contributed by atoms with Crippen molar-refractivity contribution < 1.29 is 4.79 Å². The molecular formula is C17H16N4O. The summed E-state index contributed by atoms with van der Waals surface area (Å²) in [7, 11) is 1.64. The van der Waals surface area contributed by atoms with E-state index >= 15 is 0 Å². The number of hydrogen-bond acceptors (Lipinski definition) is 3. The average Bonchev–Trinajstić information content (AvgIpc) is 3.06. The summed E-state index contributed by atoms with van der Waals surface area (Å²) in [5.41, 5.74) is 2.78. The molecule has 0 bridgehead atoms. The molecule has 22 heavy (non-hydrogen) atoms. The van der Waals surface area contributed by atoms with Crippen LogP contribution in [-0.4, -0.2) is 27.5 Å². The summed E-state index contributed by atoms with van der Waals surface area (Å²) in [6.45, 7) is 0. The van der Waals surface area contributed by atoms with Crippen molar-refractivity contribution in [3.8, 4) is 17.2 Å². The van der Waals surface area contributed by atoms with E-state index in [1.807, 2.05) is 53.2 Å². The Morgan fingerprint density at radius 2 is 1.91 bits per heavy atom. The lowest BCUT2D eigenvalue weighted by Gasteiger charge is -2.08. The Morgan fingerprint density at radius 1 is 1.09 bits per heavy atom. The highest BCUT2D eigenvalue weighted by Crippen LogP contribution is 2.19. The predicted octanol–water partition coefficient (Wildman–Crippen LogP) is 2.22. The lowest BCUT2D eigenvalue weighted by atomic mass is 10.1. The summed E-state index contributed by atoms with van der Waals surface area (Å²) < 4.78 is 1.98. The molecule has 0 unspecified atom stereocenters. The van der Waals surface area contributed by atoms with Gasteiger partial charge in [-0.05, 0) is 29.8 Å². The second-order valence-electron chi connectivity index (χ2n) is 4.85. The van der Waals surface area contributed by atoms with Gasteiger partial charge in [0.25, 0.3) is 0 Å². The summed E-state index contributed by atoms with van der Waals surface area (Å²) in [5.74, 6) is 0.796. The number of nitrogens with one attached hydrogen (secondary N) is 1. The number of hydrogen-bond donors (Lipinski definition) is 1. The van der Waals surface area contributed by atoms with Crippen LogP contribution in [0.3, 0.4) is 0 Å². The number of aromatic nitrogens is 3. The molecule has 0 aliphatic rings. The van der Waals surface area contributed by atoms with Crippen molar-refractivity contribution in [3.05, 3.63) is 66.6 Å². The molecule has 1 amide bonds. The van der Waals surface area contributed by atoms with E-state index in [0.717, 1.165) is 22.8 Å². The first kappa shape index (κ1) is 14.0. The van der Waals surface area contributed by atoms with Gasteiger partial charge in [-0.15, -0.1) is 0 Å². The molecule has 5 heteroatoms. The van der Waals surface area contributed by atoms with E-state index in [0.29, 0.717) is 6.42 Å². The first-order valence-electron chi connectivity index (χ1n) is 7.02. The third kappa shape index (κ3) is 2.88. The number of imidazole rings is 1. The molecule has 3 rings (SSSR count). The molecule has 2 aromatic heterocycles. The van der Waals surface area contributed by atoms with E-state index in [2.05, 4.69) is 15.3 Å². The molecule has 0 saturated carbocycles. The Labute approximate surface area is 128 Å². The highest BCUT2D eigenvalue weighted by molar-refractivity contribution is 5.78. The van der Waals surface area contributed by atoms with Crippen molar-refractivity contribution in [1.29, 1.82) is 0 Å². The third-order valence-corrected chi connectivity index (χ3v) is 3.39. The predicted molar refractivity (Wildman–Crippen MR) is 84.6 cm³/mol. The van der Waals surface area contributed by atoms with Gasteiger partial charge in [0, 0.05) is 31.3 Å². The monoisotopic (exact) mass is 292 g/mol. The Bertz CT molecular complexity index is 763. The topological polar surface area (TPSA) is 59.8 Å². The van der Waals surface area contributed by atoms with E-state index in [1.54, 1.807) is 19.4 Å². The second kappa shape index (κ2) is 6.22. The van der Waals surface area contributed by atoms with Crippen LogP contribution in [0.4, 0.5) is 0 Å². The van der Waals surface area contributed by atoms with Gasteiger partial charge in [0.1, 0.15) is 5.69 Å². The molecule has 0 saturated heterocycles. The molecule has 0 fully saturated rings. The Hall–Kier alpha value is -2.95. The summed E-state index contributed by atoms with van der Waals surface area (Å²) in [6.07, 6.45) is 5.79. The first-order valence-corrected chi connectivity index (χ1v) is 7.02. The van der Waals surface area contributed by atoms with E-state index in [1.165, 1.54) is 0 Å². The normalized spacial score (nSPS) is 10.4. The molecule has 5 nitrogen and oxygen atoms in total. The molecule has 110 valence electrons. The van der Waals surface area contributed by atoms with E-state index in [-0.39, 0.29) is 5.91 Å². The summed E-state index contributed by atoms with van der Waals surface area (Å²) >= 11 is 0. The number of carbonyl (C=O) groups is 1. The number of pyridine rings is 1. The number of likely N-dealkylation sites (N-methyl/N-ethyl adjacent to an activating group) is 1. The number of carbonyl (C=O) groups excluding carboxylic acids is 1. The fourth-order valence-electron chi connectivity index (χ4n) is 2.24. The van der Waals surface area contributed by atoms with Gasteiger partial charge in [-0.2, -0.15) is 0 Å². The van der Waals surface area contributed by atoms with Crippen LogP contribution in [0, 0.1) is 0 Å². The van der Waals surface area contributed by atoms with Gasteiger partial charge in [-0.3, -0.25) is 14.3 Å². The van der Waals surface area contributed by atoms with Crippen molar-refractivity contribution in [1.82, 2.24) is 19.9 Å². The van der Waals surface area contributed by atoms with E-state index < -0.39 is 0 Å². The van der Waals surface area contributed by atoms with Gasteiger partial charge < -0.3 is 5.32 Å². The van der Waals surface area contributed by atoms with Crippen molar-refractivity contribution >= 4 is 5.91 Å². The zero-order chi connectivity index (χ0) is 15.4. The highest BCUT2D eigenvalue weighted by Gasteiger charge is 2.08. The first-order chi connectivity index (χ1) is 10.8. The van der Waals surface area contributed by atoms with Gasteiger partial charge in [0.2, 0.25) is 5.91 Å². The SMILES string of the molecule is CNC(=O)Cc1ccc(-n2ccnc2-c2ccccn2)cc1. The van der Waals surface area contributed by atoms with Crippen molar-refractivity contribution in [3.63, 3.8) is 0 Å². The van der Waals surface area contributed by atoms with E-state index in [9.17, 15) is 4.79 Å². The van der Waals surface area contributed by atoms with E-state index in [4.69, 9.17) is 0 Å². The van der Waals surface area contributed by atoms with Crippen molar-refractivity contribution in [2.24, 2.45) is 0 Å². The largest absolute Gasteiger partial charge is 0.359 e. The summed E-state index contributed by atoms with van der Waals surface area (Å²) in [5, 5.41) is 2.62. The molecular weight excluding hydrogens is 276 g/mol. The lowest BCUT2D eigenvalue weighted by Crippen LogP contribution is -2.19. The number of nitrogens with zero attached hydrogens (tertiary/aromatic N) is 3. The van der Waals surface area contributed by atoms with Crippen LogP contribution in [0.5, 0.6) is 0 Å². The quantitative estimate of drug-likeness (QED) is 0.802. The van der Waals surface area contributed by atoms with Crippen LogP contribution < -0.4 is 5.32 Å². The molecule has 0 spiro atoms. The van der Waals surface area contributed by atoms with Crippen LogP contribution in [0.1, 0.15) is 5.56 Å².